The number of phenols is 1. The van der Waals surface area contributed by atoms with Crippen LogP contribution in [-0.2, 0) is 0 Å². The Morgan fingerprint density at radius 1 is 1.00 bits per heavy atom. The average molecular weight is 282 g/mol. The first-order valence-corrected chi connectivity index (χ1v) is 6.68. The highest BCUT2D eigenvalue weighted by Gasteiger charge is 2.06. The summed E-state index contributed by atoms with van der Waals surface area (Å²) in [4.78, 5) is 12.0. The molecule has 0 saturated carbocycles. The summed E-state index contributed by atoms with van der Waals surface area (Å²) in [5.74, 6) is -0.0399. The highest BCUT2D eigenvalue weighted by Crippen LogP contribution is 2.11. The highest BCUT2D eigenvalue weighted by atomic mass is 16.3. The number of hydrogen-bond donors (Lipinski definition) is 2. The van der Waals surface area contributed by atoms with Crippen LogP contribution in [0.25, 0.3) is 0 Å². The number of aromatic hydroxyl groups is 1. The Balaban J connectivity index is 2.10. The lowest BCUT2D eigenvalue weighted by Gasteiger charge is -2.05. The van der Waals surface area contributed by atoms with Gasteiger partial charge >= 0.3 is 0 Å². The number of phenolic OH excluding ortho intramolecular Hbond substituents is 1. The Bertz CT molecular complexity index is 688. The van der Waals surface area contributed by atoms with Crippen molar-refractivity contribution >= 4 is 11.6 Å². The van der Waals surface area contributed by atoms with E-state index >= 15 is 0 Å². The van der Waals surface area contributed by atoms with Crippen LogP contribution >= 0.6 is 0 Å². The second-order valence-electron chi connectivity index (χ2n) is 4.98. The van der Waals surface area contributed by atoms with Gasteiger partial charge < -0.3 is 5.11 Å². The van der Waals surface area contributed by atoms with Crippen molar-refractivity contribution in [3.63, 3.8) is 0 Å². The number of hydrazone groups is 1. The Morgan fingerprint density at radius 2 is 1.62 bits per heavy atom. The molecule has 0 aromatic heterocycles. The monoisotopic (exact) mass is 282 g/mol. The van der Waals surface area contributed by atoms with Crippen LogP contribution in [0.4, 0.5) is 0 Å². The van der Waals surface area contributed by atoms with Gasteiger partial charge in [-0.05, 0) is 73.9 Å². The Hall–Kier alpha value is -2.62. The maximum absolute atomic E-state index is 12.0. The predicted molar refractivity (Wildman–Crippen MR) is 83.7 cm³/mol. The fraction of sp³-hybridized carbons (Fsp3) is 0.176. The van der Waals surface area contributed by atoms with E-state index in [9.17, 15) is 9.90 Å². The molecule has 0 unspecified atom stereocenters. The zero-order valence-corrected chi connectivity index (χ0v) is 12.3. The molecule has 0 atom stereocenters. The van der Waals surface area contributed by atoms with E-state index < -0.39 is 0 Å². The van der Waals surface area contributed by atoms with Crippen LogP contribution in [-0.4, -0.2) is 16.7 Å². The smallest absolute Gasteiger partial charge is 0.271 e. The summed E-state index contributed by atoms with van der Waals surface area (Å²) in [6.07, 6.45) is 0. The number of aryl methyl sites for hydroxylation is 2. The fourth-order valence-electron chi connectivity index (χ4n) is 1.85. The van der Waals surface area contributed by atoms with Crippen LogP contribution < -0.4 is 5.43 Å². The predicted octanol–water partition coefficient (Wildman–Crippen LogP) is 3.16. The van der Waals surface area contributed by atoms with Gasteiger partial charge in [-0.25, -0.2) is 5.43 Å². The molecule has 0 aliphatic carbocycles. The van der Waals surface area contributed by atoms with E-state index in [1.807, 2.05) is 26.0 Å². The first-order valence-electron chi connectivity index (χ1n) is 6.68. The summed E-state index contributed by atoms with van der Waals surface area (Å²) >= 11 is 0. The van der Waals surface area contributed by atoms with Crippen LogP contribution in [0.2, 0.25) is 0 Å². The number of hydrogen-bond acceptors (Lipinski definition) is 3. The molecule has 108 valence electrons. The summed E-state index contributed by atoms with van der Waals surface area (Å²) in [5, 5.41) is 13.3. The maximum atomic E-state index is 12.0. The van der Waals surface area contributed by atoms with Gasteiger partial charge in [0.15, 0.2) is 0 Å². The summed E-state index contributed by atoms with van der Waals surface area (Å²) in [6.45, 7) is 5.77. The molecule has 0 heterocycles. The molecule has 0 aliphatic heterocycles. The van der Waals surface area contributed by atoms with Gasteiger partial charge in [-0.1, -0.05) is 6.07 Å². The van der Waals surface area contributed by atoms with Crippen molar-refractivity contribution in [3.05, 3.63) is 64.7 Å². The molecule has 1 amide bonds. The van der Waals surface area contributed by atoms with Crippen molar-refractivity contribution in [3.8, 4) is 5.75 Å². The largest absolute Gasteiger partial charge is 0.508 e. The van der Waals surface area contributed by atoms with Crippen LogP contribution in [0.5, 0.6) is 5.75 Å². The second-order valence-corrected chi connectivity index (χ2v) is 4.98. The van der Waals surface area contributed by atoms with E-state index in [0.29, 0.717) is 11.3 Å². The van der Waals surface area contributed by atoms with Gasteiger partial charge in [0, 0.05) is 5.56 Å². The second kappa shape index (κ2) is 6.22. The molecule has 0 radical (unpaired) electrons. The molecule has 2 rings (SSSR count). The van der Waals surface area contributed by atoms with Crippen LogP contribution in [0.1, 0.15) is 34.0 Å². The summed E-state index contributed by atoms with van der Waals surface area (Å²) in [5.41, 5.74) is 6.86. The van der Waals surface area contributed by atoms with Crippen molar-refractivity contribution in [1.82, 2.24) is 5.43 Å². The van der Waals surface area contributed by atoms with Crippen molar-refractivity contribution < 1.29 is 9.90 Å². The summed E-state index contributed by atoms with van der Waals surface area (Å²) in [7, 11) is 0. The van der Waals surface area contributed by atoms with Gasteiger partial charge in [-0.3, -0.25) is 4.79 Å². The lowest BCUT2D eigenvalue weighted by molar-refractivity contribution is 0.0954. The molecular weight excluding hydrogens is 264 g/mol. The molecule has 4 heteroatoms. The molecule has 2 N–H and O–H groups in total. The minimum Gasteiger partial charge on any atom is -0.508 e. The number of nitrogens with zero attached hydrogens (tertiary/aromatic N) is 1. The quantitative estimate of drug-likeness (QED) is 0.671. The molecule has 21 heavy (non-hydrogen) atoms. The minimum atomic E-state index is -0.240. The van der Waals surface area contributed by atoms with Gasteiger partial charge in [0.2, 0.25) is 0 Å². The lowest BCUT2D eigenvalue weighted by Crippen LogP contribution is -2.19. The molecular formula is C17H18N2O2. The van der Waals surface area contributed by atoms with E-state index in [0.717, 1.165) is 16.7 Å². The average Bonchev–Trinajstić information content (AvgIpc) is 2.48. The minimum absolute atomic E-state index is 0.200. The fourth-order valence-corrected chi connectivity index (χ4v) is 1.85. The van der Waals surface area contributed by atoms with E-state index in [1.165, 1.54) is 0 Å². The third-order valence-corrected chi connectivity index (χ3v) is 3.38. The highest BCUT2D eigenvalue weighted by molar-refractivity contribution is 6.00. The standard InChI is InChI=1S/C17H18N2O2/c1-11-4-5-15(10-12(11)2)17(21)19-18-13(3)14-6-8-16(20)9-7-14/h4-10,20H,1-3H3,(H,19,21). The first kappa shape index (κ1) is 14.8. The molecule has 0 saturated heterocycles. The molecule has 2 aromatic rings. The van der Waals surface area contributed by atoms with Gasteiger partial charge in [0.05, 0.1) is 5.71 Å². The van der Waals surface area contributed by atoms with Crippen molar-refractivity contribution in [2.24, 2.45) is 5.10 Å². The molecule has 0 fully saturated rings. The number of carbonyl (C=O) groups excluding carboxylic acids is 1. The van der Waals surface area contributed by atoms with Gasteiger partial charge in [-0.15, -0.1) is 0 Å². The third-order valence-electron chi connectivity index (χ3n) is 3.38. The van der Waals surface area contributed by atoms with E-state index in [2.05, 4.69) is 10.5 Å². The Morgan fingerprint density at radius 3 is 2.24 bits per heavy atom. The normalized spacial score (nSPS) is 11.3. The van der Waals surface area contributed by atoms with Crippen molar-refractivity contribution in [2.45, 2.75) is 20.8 Å². The van der Waals surface area contributed by atoms with Crippen LogP contribution in [0.15, 0.2) is 47.6 Å². The number of rotatable bonds is 3. The SMILES string of the molecule is CC(=NNC(=O)c1ccc(C)c(C)c1)c1ccc(O)cc1. The molecule has 4 nitrogen and oxygen atoms in total. The van der Waals surface area contributed by atoms with E-state index in [-0.39, 0.29) is 11.7 Å². The molecule has 0 aliphatic rings. The zero-order valence-electron chi connectivity index (χ0n) is 12.3. The van der Waals surface area contributed by atoms with Crippen molar-refractivity contribution in [1.29, 1.82) is 0 Å². The Labute approximate surface area is 124 Å². The van der Waals surface area contributed by atoms with Crippen LogP contribution in [0, 0.1) is 13.8 Å². The van der Waals surface area contributed by atoms with Gasteiger partial charge in [0.1, 0.15) is 5.75 Å². The lowest BCUT2D eigenvalue weighted by atomic mass is 10.1. The molecule has 0 spiro atoms. The molecule has 0 bridgehead atoms. The number of nitrogens with one attached hydrogen (secondary N) is 1. The summed E-state index contributed by atoms with van der Waals surface area (Å²) < 4.78 is 0. The van der Waals surface area contributed by atoms with Gasteiger partial charge in [-0.2, -0.15) is 5.10 Å². The Kier molecular flexibility index (Phi) is 4.38. The zero-order chi connectivity index (χ0) is 15.4. The first-order chi connectivity index (χ1) is 9.97. The topological polar surface area (TPSA) is 61.7 Å². The summed E-state index contributed by atoms with van der Waals surface area (Å²) in [6, 6.07) is 12.2. The molecule has 2 aromatic carbocycles. The third kappa shape index (κ3) is 3.69. The number of benzene rings is 2. The number of carbonyl (C=O) groups is 1. The number of amides is 1. The maximum Gasteiger partial charge on any atom is 0.271 e. The van der Waals surface area contributed by atoms with Gasteiger partial charge in [0.25, 0.3) is 5.91 Å². The van der Waals surface area contributed by atoms with Crippen molar-refractivity contribution in [2.75, 3.05) is 0 Å². The van der Waals surface area contributed by atoms with Crippen LogP contribution in [0.3, 0.4) is 0 Å². The van der Waals surface area contributed by atoms with E-state index in [4.69, 9.17) is 0 Å². The van der Waals surface area contributed by atoms with E-state index in [1.54, 1.807) is 37.3 Å².